The van der Waals surface area contributed by atoms with Crippen molar-refractivity contribution in [3.63, 3.8) is 0 Å². The number of likely N-dealkylation sites (tertiary alicyclic amines) is 2. The number of hydrogen-bond donors (Lipinski definition) is 1. The third-order valence-corrected chi connectivity index (χ3v) is 4.50. The number of fused-ring (bicyclic) bond motifs is 1. The Hall–Kier alpha value is -1.20. The molecule has 1 N–H and O–H groups in total. The third kappa shape index (κ3) is 2.32. The maximum absolute atomic E-state index is 12.3. The van der Waals surface area contributed by atoms with Gasteiger partial charge in [-0.3, -0.25) is 19.4 Å². The van der Waals surface area contributed by atoms with Crippen LogP contribution >= 0.6 is 0 Å². The molecule has 2 heterocycles. The van der Waals surface area contributed by atoms with E-state index in [2.05, 4.69) is 4.90 Å². The topological polar surface area (TPSA) is 60.9 Å². The smallest absolute Gasteiger partial charge is 0.234 e. The minimum atomic E-state index is -0.229. The number of amides is 2. The van der Waals surface area contributed by atoms with Crippen molar-refractivity contribution < 1.29 is 14.7 Å². The van der Waals surface area contributed by atoms with Crippen molar-refractivity contribution in [1.29, 1.82) is 0 Å². The molecule has 2 fully saturated rings. The first-order valence-electron chi connectivity index (χ1n) is 7.07. The molecule has 0 spiro atoms. The van der Waals surface area contributed by atoms with Gasteiger partial charge >= 0.3 is 0 Å². The van der Waals surface area contributed by atoms with E-state index in [1.165, 1.54) is 4.90 Å². The van der Waals surface area contributed by atoms with Gasteiger partial charge in [0.15, 0.2) is 0 Å². The Morgan fingerprint density at radius 3 is 2.11 bits per heavy atom. The number of piperidine rings is 1. The molecule has 104 valence electrons. The number of aliphatic hydroxyl groups is 1. The summed E-state index contributed by atoms with van der Waals surface area (Å²) in [7, 11) is 0. The van der Waals surface area contributed by atoms with Crippen LogP contribution in [0.3, 0.4) is 0 Å². The van der Waals surface area contributed by atoms with Gasteiger partial charge in [-0.2, -0.15) is 0 Å². The zero-order chi connectivity index (χ0) is 13.4. The van der Waals surface area contributed by atoms with Crippen LogP contribution in [0.2, 0.25) is 0 Å². The minimum Gasteiger partial charge on any atom is -0.393 e. The standard InChI is InChI=1S/C14H20N2O3/c17-10-5-7-15(8-6-10)9-16-13(18)11-3-1-2-4-12(11)14(16)19/h1-2,10-12,17H,3-9H2/t11-,12-/m1/s1. The number of imide groups is 1. The zero-order valence-electron chi connectivity index (χ0n) is 11.0. The number of hydrogen-bond acceptors (Lipinski definition) is 4. The minimum absolute atomic E-state index is 0.00882. The first-order chi connectivity index (χ1) is 9.16. The fraction of sp³-hybridized carbons (Fsp3) is 0.714. The molecule has 5 nitrogen and oxygen atoms in total. The third-order valence-electron chi connectivity index (χ3n) is 4.50. The molecule has 0 aromatic heterocycles. The van der Waals surface area contributed by atoms with E-state index in [0.717, 1.165) is 25.9 Å². The van der Waals surface area contributed by atoms with E-state index < -0.39 is 0 Å². The van der Waals surface area contributed by atoms with E-state index in [0.29, 0.717) is 19.5 Å². The normalized spacial score (nSPS) is 33.0. The molecule has 5 heteroatoms. The molecule has 3 rings (SSSR count). The Kier molecular flexibility index (Phi) is 3.41. The van der Waals surface area contributed by atoms with Crippen molar-refractivity contribution in [3.05, 3.63) is 12.2 Å². The summed E-state index contributed by atoms with van der Waals surface area (Å²) < 4.78 is 0. The quantitative estimate of drug-likeness (QED) is 0.577. The second-order valence-electron chi connectivity index (χ2n) is 5.75. The Morgan fingerprint density at radius 2 is 1.58 bits per heavy atom. The lowest BCUT2D eigenvalue weighted by Gasteiger charge is -2.32. The van der Waals surface area contributed by atoms with Crippen LogP contribution in [0, 0.1) is 11.8 Å². The molecule has 0 unspecified atom stereocenters. The monoisotopic (exact) mass is 264 g/mol. The highest BCUT2D eigenvalue weighted by Gasteiger charge is 2.47. The van der Waals surface area contributed by atoms with Gasteiger partial charge < -0.3 is 5.11 Å². The molecule has 0 radical (unpaired) electrons. The Labute approximate surface area is 112 Å². The maximum atomic E-state index is 12.3. The number of allylic oxidation sites excluding steroid dienone is 2. The van der Waals surface area contributed by atoms with Gasteiger partial charge in [-0.05, 0) is 25.7 Å². The number of aliphatic hydroxyl groups excluding tert-OH is 1. The lowest BCUT2D eigenvalue weighted by atomic mass is 9.85. The van der Waals surface area contributed by atoms with Crippen LogP contribution in [0.15, 0.2) is 12.2 Å². The first kappa shape index (κ1) is 12.8. The van der Waals surface area contributed by atoms with Crippen LogP contribution in [0.5, 0.6) is 0 Å². The van der Waals surface area contributed by atoms with E-state index in [1.807, 2.05) is 12.2 Å². The van der Waals surface area contributed by atoms with Crippen molar-refractivity contribution in [1.82, 2.24) is 9.80 Å². The van der Waals surface area contributed by atoms with Crippen LogP contribution in [-0.4, -0.2) is 52.6 Å². The van der Waals surface area contributed by atoms with E-state index in [1.54, 1.807) is 0 Å². The van der Waals surface area contributed by atoms with Crippen molar-refractivity contribution in [2.75, 3.05) is 19.8 Å². The van der Waals surface area contributed by atoms with Gasteiger partial charge in [0.2, 0.25) is 11.8 Å². The SMILES string of the molecule is O=C1[C@@H]2CC=CC[C@H]2C(=O)N1CN1CCC(O)CC1. The molecule has 1 aliphatic carbocycles. The predicted octanol–water partition coefficient (Wildman–Crippen LogP) is 0.352. The summed E-state index contributed by atoms with van der Waals surface area (Å²) in [5.41, 5.74) is 0. The van der Waals surface area contributed by atoms with Crippen LogP contribution in [0.25, 0.3) is 0 Å². The molecule has 0 aromatic carbocycles. The highest BCUT2D eigenvalue weighted by atomic mass is 16.3. The fourth-order valence-corrected chi connectivity index (χ4v) is 3.27. The van der Waals surface area contributed by atoms with Gasteiger partial charge in [-0.25, -0.2) is 0 Å². The summed E-state index contributed by atoms with van der Waals surface area (Å²) in [5, 5.41) is 9.48. The molecule has 2 aliphatic heterocycles. The highest BCUT2D eigenvalue weighted by molar-refractivity contribution is 6.05. The van der Waals surface area contributed by atoms with Gasteiger partial charge in [-0.1, -0.05) is 12.2 Å². The molecule has 0 bridgehead atoms. The van der Waals surface area contributed by atoms with E-state index in [9.17, 15) is 14.7 Å². The van der Waals surface area contributed by atoms with Crippen LogP contribution in [-0.2, 0) is 9.59 Å². The molecule has 3 aliphatic rings. The lowest BCUT2D eigenvalue weighted by molar-refractivity contribution is -0.142. The average Bonchev–Trinajstić information content (AvgIpc) is 2.67. The summed E-state index contributed by atoms with van der Waals surface area (Å²) in [6.45, 7) is 1.91. The average molecular weight is 264 g/mol. The lowest BCUT2D eigenvalue weighted by Crippen LogP contribution is -2.45. The Bertz CT molecular complexity index is 387. The molecule has 0 saturated carbocycles. The molecular weight excluding hydrogens is 244 g/mol. The predicted molar refractivity (Wildman–Crippen MR) is 68.9 cm³/mol. The van der Waals surface area contributed by atoms with Gasteiger partial charge in [-0.15, -0.1) is 0 Å². The second kappa shape index (κ2) is 5.06. The number of carbonyl (C=O) groups excluding carboxylic acids is 2. The number of rotatable bonds is 2. The van der Waals surface area contributed by atoms with Crippen LogP contribution in [0.1, 0.15) is 25.7 Å². The van der Waals surface area contributed by atoms with E-state index >= 15 is 0 Å². The van der Waals surface area contributed by atoms with Crippen molar-refractivity contribution >= 4 is 11.8 Å². The van der Waals surface area contributed by atoms with Gasteiger partial charge in [0, 0.05) is 13.1 Å². The number of nitrogens with zero attached hydrogens (tertiary/aromatic N) is 2. The zero-order valence-corrected chi connectivity index (χ0v) is 11.0. The van der Waals surface area contributed by atoms with Gasteiger partial charge in [0.1, 0.15) is 0 Å². The summed E-state index contributed by atoms with van der Waals surface area (Å²) in [5.74, 6) is -0.281. The number of carbonyl (C=O) groups is 2. The summed E-state index contributed by atoms with van der Waals surface area (Å²) in [4.78, 5) is 28.1. The van der Waals surface area contributed by atoms with Crippen LogP contribution in [0.4, 0.5) is 0 Å². The fourth-order valence-electron chi connectivity index (χ4n) is 3.27. The van der Waals surface area contributed by atoms with E-state index in [4.69, 9.17) is 0 Å². The van der Waals surface area contributed by atoms with Gasteiger partial charge in [0.25, 0.3) is 0 Å². The van der Waals surface area contributed by atoms with Crippen molar-refractivity contribution in [3.8, 4) is 0 Å². The largest absolute Gasteiger partial charge is 0.393 e. The van der Waals surface area contributed by atoms with Gasteiger partial charge in [0.05, 0.1) is 24.6 Å². The molecule has 2 saturated heterocycles. The van der Waals surface area contributed by atoms with Crippen molar-refractivity contribution in [2.45, 2.75) is 31.8 Å². The Balaban J connectivity index is 1.65. The molecule has 2 amide bonds. The molecule has 0 aromatic rings. The summed E-state index contributed by atoms with van der Waals surface area (Å²) >= 11 is 0. The van der Waals surface area contributed by atoms with E-state index in [-0.39, 0.29) is 29.8 Å². The second-order valence-corrected chi connectivity index (χ2v) is 5.75. The van der Waals surface area contributed by atoms with Crippen molar-refractivity contribution in [2.24, 2.45) is 11.8 Å². The molecule has 19 heavy (non-hydrogen) atoms. The Morgan fingerprint density at radius 1 is 1.05 bits per heavy atom. The summed E-state index contributed by atoms with van der Waals surface area (Å²) in [6, 6.07) is 0. The highest BCUT2D eigenvalue weighted by Crippen LogP contribution is 2.35. The molecule has 2 atom stereocenters. The summed E-state index contributed by atoms with van der Waals surface area (Å²) in [6.07, 6.45) is 6.64. The maximum Gasteiger partial charge on any atom is 0.234 e. The first-order valence-corrected chi connectivity index (χ1v) is 7.07. The molecular formula is C14H20N2O3. The van der Waals surface area contributed by atoms with Crippen LogP contribution < -0.4 is 0 Å².